The molecule has 0 heterocycles. The first-order valence-corrected chi connectivity index (χ1v) is 12.3. The van der Waals surface area contributed by atoms with Gasteiger partial charge in [0.15, 0.2) is 6.61 Å². The topological polar surface area (TPSA) is 64.6 Å². The average molecular weight is 494 g/mol. The molecule has 0 bridgehead atoms. The fraction of sp³-hybridized carbons (Fsp3) is 0.188. The van der Waals surface area contributed by atoms with Gasteiger partial charge in [-0.2, -0.15) is 0 Å². The normalized spacial score (nSPS) is 11.0. The van der Waals surface area contributed by atoms with Crippen molar-refractivity contribution in [2.24, 2.45) is 0 Å². The van der Waals surface area contributed by atoms with Gasteiger partial charge in [-0.05, 0) is 77.1 Å². The van der Waals surface area contributed by atoms with Crippen LogP contribution in [-0.2, 0) is 14.9 Å². The molecule has 1 N–H and O–H groups in total. The zero-order valence-corrected chi connectivity index (χ0v) is 21.4. The van der Waals surface area contributed by atoms with E-state index in [2.05, 4.69) is 38.2 Å². The van der Waals surface area contributed by atoms with Crippen molar-refractivity contribution in [3.8, 4) is 22.6 Å². The molecule has 0 saturated heterocycles. The Morgan fingerprint density at radius 1 is 0.730 bits per heavy atom. The molecule has 0 aliphatic heterocycles. The van der Waals surface area contributed by atoms with Crippen LogP contribution in [0.3, 0.4) is 0 Å². The second-order valence-corrected chi connectivity index (χ2v) is 9.46. The van der Waals surface area contributed by atoms with E-state index in [1.165, 1.54) is 5.56 Å². The molecule has 4 rings (SSSR count). The number of nitrogens with one attached hydrogen (secondary N) is 1. The number of carbonyl (C=O) groups excluding carboxylic acids is 2. The third-order valence-electron chi connectivity index (χ3n) is 6.46. The van der Waals surface area contributed by atoms with Gasteiger partial charge in [0.1, 0.15) is 11.5 Å². The lowest BCUT2D eigenvalue weighted by Crippen LogP contribution is -2.20. The van der Waals surface area contributed by atoms with Crippen LogP contribution in [0.2, 0.25) is 0 Å². The van der Waals surface area contributed by atoms with Crippen LogP contribution in [0.4, 0.5) is 5.69 Å². The fourth-order valence-electron chi connectivity index (χ4n) is 3.76. The molecule has 188 valence electrons. The lowest BCUT2D eigenvalue weighted by Gasteiger charge is -2.23. The highest BCUT2D eigenvalue weighted by Crippen LogP contribution is 2.30. The van der Waals surface area contributed by atoms with Gasteiger partial charge in [0.25, 0.3) is 5.91 Å². The van der Waals surface area contributed by atoms with Crippen LogP contribution in [0.15, 0.2) is 103 Å². The van der Waals surface area contributed by atoms with Gasteiger partial charge in [-0.15, -0.1) is 0 Å². The molecule has 37 heavy (non-hydrogen) atoms. The second-order valence-electron chi connectivity index (χ2n) is 9.46. The van der Waals surface area contributed by atoms with Gasteiger partial charge < -0.3 is 14.8 Å². The Hall–Kier alpha value is -4.38. The standard InChI is InChI=1S/C32H31NO4/c1-4-32(2,3)26-14-18-28(19-15-26)37-29-20-16-27(17-21-29)33-30(34)22-36-31(35)25-12-10-24(11-13-25)23-8-6-5-7-9-23/h5-21H,4,22H2,1-3H3,(H,33,34). The third-order valence-corrected chi connectivity index (χ3v) is 6.46. The molecule has 5 nitrogen and oxygen atoms in total. The van der Waals surface area contributed by atoms with Gasteiger partial charge in [-0.1, -0.05) is 75.4 Å². The van der Waals surface area contributed by atoms with Crippen molar-refractivity contribution in [1.82, 2.24) is 0 Å². The minimum absolute atomic E-state index is 0.125. The zero-order valence-electron chi connectivity index (χ0n) is 21.4. The Bertz CT molecular complexity index is 1330. The quantitative estimate of drug-likeness (QED) is 0.244. The fourth-order valence-corrected chi connectivity index (χ4v) is 3.76. The van der Waals surface area contributed by atoms with Crippen LogP contribution in [-0.4, -0.2) is 18.5 Å². The smallest absolute Gasteiger partial charge is 0.338 e. The first-order valence-electron chi connectivity index (χ1n) is 12.3. The predicted molar refractivity (Wildman–Crippen MR) is 147 cm³/mol. The van der Waals surface area contributed by atoms with Crippen LogP contribution in [0.5, 0.6) is 11.5 Å². The predicted octanol–water partition coefficient (Wildman–Crippen LogP) is 7.63. The van der Waals surface area contributed by atoms with Crippen LogP contribution < -0.4 is 10.1 Å². The highest BCUT2D eigenvalue weighted by Gasteiger charge is 2.17. The molecule has 0 aliphatic carbocycles. The van der Waals surface area contributed by atoms with Crippen molar-refractivity contribution in [3.05, 3.63) is 114 Å². The third kappa shape index (κ3) is 6.85. The molecule has 5 heteroatoms. The zero-order chi connectivity index (χ0) is 26.3. The summed E-state index contributed by atoms with van der Waals surface area (Å²) in [5, 5.41) is 2.73. The number of rotatable bonds is 9. The van der Waals surface area contributed by atoms with Crippen molar-refractivity contribution >= 4 is 17.6 Å². The molecule has 0 spiro atoms. The summed E-state index contributed by atoms with van der Waals surface area (Å²) < 4.78 is 11.1. The number of hydrogen-bond donors (Lipinski definition) is 1. The highest BCUT2D eigenvalue weighted by molar-refractivity contribution is 5.95. The van der Waals surface area contributed by atoms with Crippen molar-refractivity contribution < 1.29 is 19.1 Å². The van der Waals surface area contributed by atoms with E-state index in [0.29, 0.717) is 17.0 Å². The van der Waals surface area contributed by atoms with E-state index in [1.807, 2.05) is 54.6 Å². The average Bonchev–Trinajstić information content (AvgIpc) is 2.93. The molecule has 0 atom stereocenters. The maximum atomic E-state index is 12.3. The maximum absolute atomic E-state index is 12.3. The van der Waals surface area contributed by atoms with E-state index in [-0.39, 0.29) is 12.0 Å². The second kappa shape index (κ2) is 11.6. The van der Waals surface area contributed by atoms with E-state index in [9.17, 15) is 9.59 Å². The highest BCUT2D eigenvalue weighted by atomic mass is 16.5. The summed E-state index contributed by atoms with van der Waals surface area (Å²) in [6, 6.07) is 32.1. The van der Waals surface area contributed by atoms with Gasteiger partial charge in [-0.3, -0.25) is 4.79 Å². The first-order chi connectivity index (χ1) is 17.8. The molecule has 1 amide bonds. The van der Waals surface area contributed by atoms with Crippen LogP contribution in [0.1, 0.15) is 43.1 Å². The SMILES string of the molecule is CCC(C)(C)c1ccc(Oc2ccc(NC(=O)COC(=O)c3ccc(-c4ccccc4)cc3)cc2)cc1. The van der Waals surface area contributed by atoms with Crippen molar-refractivity contribution in [3.63, 3.8) is 0 Å². The molecule has 0 radical (unpaired) electrons. The molecule has 0 aliphatic rings. The summed E-state index contributed by atoms with van der Waals surface area (Å²) in [6.45, 7) is 6.25. The molecular formula is C32H31NO4. The van der Waals surface area contributed by atoms with Gasteiger partial charge in [0.05, 0.1) is 5.56 Å². The Labute approximate surface area is 218 Å². The van der Waals surface area contributed by atoms with Gasteiger partial charge in [0, 0.05) is 5.69 Å². The number of hydrogen-bond acceptors (Lipinski definition) is 4. The van der Waals surface area contributed by atoms with E-state index < -0.39 is 11.9 Å². The van der Waals surface area contributed by atoms with E-state index >= 15 is 0 Å². The van der Waals surface area contributed by atoms with Crippen molar-refractivity contribution in [2.75, 3.05) is 11.9 Å². The number of benzene rings is 4. The minimum atomic E-state index is -0.549. The Kier molecular flexibility index (Phi) is 8.04. The maximum Gasteiger partial charge on any atom is 0.338 e. The van der Waals surface area contributed by atoms with Gasteiger partial charge in [-0.25, -0.2) is 4.79 Å². The van der Waals surface area contributed by atoms with Crippen LogP contribution in [0, 0.1) is 0 Å². The largest absolute Gasteiger partial charge is 0.457 e. The summed E-state index contributed by atoms with van der Waals surface area (Å²) >= 11 is 0. The Morgan fingerprint density at radius 3 is 1.89 bits per heavy atom. The van der Waals surface area contributed by atoms with Crippen LogP contribution >= 0.6 is 0 Å². The van der Waals surface area contributed by atoms with E-state index in [0.717, 1.165) is 23.3 Å². The number of esters is 1. The Balaban J connectivity index is 1.26. The summed E-state index contributed by atoms with van der Waals surface area (Å²) in [7, 11) is 0. The molecule has 4 aromatic rings. The summed E-state index contributed by atoms with van der Waals surface area (Å²) in [6.07, 6.45) is 1.06. The monoisotopic (exact) mass is 493 g/mol. The molecule has 0 fully saturated rings. The van der Waals surface area contributed by atoms with Crippen molar-refractivity contribution in [1.29, 1.82) is 0 Å². The van der Waals surface area contributed by atoms with Crippen molar-refractivity contribution in [2.45, 2.75) is 32.6 Å². The first kappa shape index (κ1) is 25.7. The van der Waals surface area contributed by atoms with Crippen LogP contribution in [0.25, 0.3) is 11.1 Å². The van der Waals surface area contributed by atoms with E-state index in [1.54, 1.807) is 36.4 Å². The molecule has 4 aromatic carbocycles. The number of carbonyl (C=O) groups is 2. The lowest BCUT2D eigenvalue weighted by atomic mass is 9.82. The molecule has 0 unspecified atom stereocenters. The number of anilines is 1. The summed E-state index contributed by atoms with van der Waals surface area (Å²) in [5.74, 6) is 0.436. The minimum Gasteiger partial charge on any atom is -0.457 e. The number of amides is 1. The molecule has 0 aromatic heterocycles. The van der Waals surface area contributed by atoms with Gasteiger partial charge >= 0.3 is 5.97 Å². The lowest BCUT2D eigenvalue weighted by molar-refractivity contribution is -0.119. The summed E-state index contributed by atoms with van der Waals surface area (Å²) in [5.41, 5.74) is 4.43. The molecule has 0 saturated carbocycles. The summed E-state index contributed by atoms with van der Waals surface area (Å²) in [4.78, 5) is 24.6. The molecular weight excluding hydrogens is 462 g/mol. The van der Waals surface area contributed by atoms with Gasteiger partial charge in [0.2, 0.25) is 0 Å². The Morgan fingerprint density at radius 2 is 1.30 bits per heavy atom. The number of ether oxygens (including phenoxy) is 2. The van der Waals surface area contributed by atoms with E-state index in [4.69, 9.17) is 9.47 Å².